The van der Waals surface area contributed by atoms with E-state index < -0.39 is 52.0 Å². The predicted octanol–water partition coefficient (Wildman–Crippen LogP) is 1.72. The highest BCUT2D eigenvalue weighted by Gasteiger charge is 2.31. The average Bonchev–Trinajstić information content (AvgIpc) is 2.41. The number of halogens is 6. The smallest absolute Gasteiger partial charge is 0.422 e. The first-order chi connectivity index (χ1) is 10.3. The van der Waals surface area contributed by atoms with E-state index >= 15 is 0 Å². The Morgan fingerprint density at radius 3 is 2.00 bits per heavy atom. The monoisotopic (exact) mass is 368 g/mol. The zero-order chi connectivity index (χ0) is 17.9. The van der Waals surface area contributed by atoms with Gasteiger partial charge >= 0.3 is 12.4 Å². The molecule has 0 aromatic heterocycles. The molecule has 0 aliphatic rings. The van der Waals surface area contributed by atoms with Gasteiger partial charge in [-0.05, 0) is 12.1 Å². The fourth-order valence-corrected chi connectivity index (χ4v) is 2.09. The fraction of sp³-hybridized carbons (Fsp3) is 0.400. The van der Waals surface area contributed by atoms with Crippen molar-refractivity contribution in [1.29, 1.82) is 0 Å². The van der Waals surface area contributed by atoms with Crippen molar-refractivity contribution in [3.05, 3.63) is 18.2 Å². The molecule has 13 heteroatoms. The quantitative estimate of drug-likeness (QED) is 0.453. The number of sulfonamides is 1. The molecule has 0 heterocycles. The van der Waals surface area contributed by atoms with Gasteiger partial charge in [0, 0.05) is 6.07 Å². The maximum Gasteiger partial charge on any atom is 0.422 e. The van der Waals surface area contributed by atoms with Crippen LogP contribution in [0.4, 0.5) is 26.3 Å². The Morgan fingerprint density at radius 2 is 1.52 bits per heavy atom. The van der Waals surface area contributed by atoms with Gasteiger partial charge in [-0.15, -0.1) is 4.83 Å². The number of nitrogens with two attached hydrogens (primary N) is 1. The Labute approximate surface area is 126 Å². The molecule has 0 saturated carbocycles. The topological polar surface area (TPSA) is 90.7 Å². The Kier molecular flexibility index (Phi) is 5.71. The molecule has 0 spiro atoms. The number of hydrogen-bond donors (Lipinski definition) is 2. The zero-order valence-corrected chi connectivity index (χ0v) is 11.8. The predicted molar refractivity (Wildman–Crippen MR) is 64.1 cm³/mol. The van der Waals surface area contributed by atoms with Crippen LogP contribution in [0.1, 0.15) is 0 Å². The maximum absolute atomic E-state index is 12.1. The molecule has 0 atom stereocenters. The van der Waals surface area contributed by atoms with Gasteiger partial charge in [0.1, 0.15) is 16.4 Å². The van der Waals surface area contributed by atoms with Crippen LogP contribution in [0.15, 0.2) is 23.1 Å². The van der Waals surface area contributed by atoms with Crippen LogP contribution in [-0.4, -0.2) is 34.0 Å². The third-order valence-corrected chi connectivity index (χ3v) is 3.36. The van der Waals surface area contributed by atoms with E-state index in [4.69, 9.17) is 5.84 Å². The summed E-state index contributed by atoms with van der Waals surface area (Å²) >= 11 is 0. The summed E-state index contributed by atoms with van der Waals surface area (Å²) in [4.78, 5) is 0.429. The van der Waals surface area contributed by atoms with Crippen molar-refractivity contribution in [1.82, 2.24) is 4.83 Å². The lowest BCUT2D eigenvalue weighted by Gasteiger charge is -2.15. The highest BCUT2D eigenvalue weighted by Crippen LogP contribution is 2.30. The number of hydrogen-bond acceptors (Lipinski definition) is 5. The Morgan fingerprint density at radius 1 is 1.00 bits per heavy atom. The van der Waals surface area contributed by atoms with E-state index in [-0.39, 0.29) is 0 Å². The van der Waals surface area contributed by atoms with Crippen molar-refractivity contribution in [2.45, 2.75) is 17.2 Å². The molecule has 0 unspecified atom stereocenters. The molecule has 6 nitrogen and oxygen atoms in total. The Bertz CT molecular complexity index is 644. The lowest BCUT2D eigenvalue weighted by atomic mass is 10.3. The minimum Gasteiger partial charge on any atom is -0.484 e. The molecular weight excluding hydrogens is 358 g/mol. The Hall–Kier alpha value is -1.73. The van der Waals surface area contributed by atoms with Crippen LogP contribution >= 0.6 is 0 Å². The summed E-state index contributed by atoms with van der Waals surface area (Å²) in [5.74, 6) is 3.45. The second-order valence-corrected chi connectivity index (χ2v) is 5.72. The molecule has 0 aliphatic heterocycles. The van der Waals surface area contributed by atoms with E-state index in [2.05, 4.69) is 9.47 Å². The van der Waals surface area contributed by atoms with Gasteiger partial charge in [-0.1, -0.05) is 0 Å². The van der Waals surface area contributed by atoms with Gasteiger partial charge in [0.05, 0.1) is 0 Å². The van der Waals surface area contributed by atoms with Crippen molar-refractivity contribution in [3.63, 3.8) is 0 Å². The van der Waals surface area contributed by atoms with Crippen LogP contribution in [-0.2, 0) is 10.0 Å². The lowest BCUT2D eigenvalue weighted by molar-refractivity contribution is -0.154. The summed E-state index contributed by atoms with van der Waals surface area (Å²) in [5, 5.41) is 0. The van der Waals surface area contributed by atoms with Gasteiger partial charge in [-0.3, -0.25) is 5.84 Å². The van der Waals surface area contributed by atoms with E-state index in [1.165, 1.54) is 4.83 Å². The molecule has 23 heavy (non-hydrogen) atoms. The molecule has 1 rings (SSSR count). The van der Waals surface area contributed by atoms with Gasteiger partial charge in [0.15, 0.2) is 13.2 Å². The summed E-state index contributed by atoms with van der Waals surface area (Å²) in [6, 6.07) is 2.11. The van der Waals surface area contributed by atoms with E-state index in [1.807, 2.05) is 0 Å². The fourth-order valence-electron chi connectivity index (χ4n) is 1.30. The normalized spacial score (nSPS) is 13.0. The molecular formula is C10H10F6N2O4S. The standard InChI is InChI=1S/C10H10F6N2O4S/c11-9(12,13)4-21-6-1-2-7(22-5-10(14,15)16)8(3-6)23(19,20)18-17/h1-3,18H,4-5,17H2. The maximum atomic E-state index is 12.1. The summed E-state index contributed by atoms with van der Waals surface area (Å²) in [5.41, 5.74) is 0. The molecule has 0 saturated heterocycles. The van der Waals surface area contributed by atoms with Gasteiger partial charge in [0.25, 0.3) is 10.0 Å². The van der Waals surface area contributed by atoms with Gasteiger partial charge < -0.3 is 9.47 Å². The number of hydrazine groups is 1. The molecule has 0 aliphatic carbocycles. The molecule has 1 aromatic carbocycles. The first kappa shape index (κ1) is 19.3. The van der Waals surface area contributed by atoms with Crippen molar-refractivity contribution in [2.24, 2.45) is 5.84 Å². The summed E-state index contributed by atoms with van der Waals surface area (Å²) in [7, 11) is -4.50. The number of nitrogens with one attached hydrogen (secondary N) is 1. The molecule has 0 bridgehead atoms. The van der Waals surface area contributed by atoms with Crippen molar-refractivity contribution in [2.75, 3.05) is 13.2 Å². The van der Waals surface area contributed by atoms with Crippen LogP contribution in [0, 0.1) is 0 Å². The van der Waals surface area contributed by atoms with Crippen LogP contribution in [0.5, 0.6) is 11.5 Å². The molecule has 132 valence electrons. The van der Waals surface area contributed by atoms with Crippen LogP contribution < -0.4 is 20.1 Å². The minimum absolute atomic E-state index is 0.546. The molecule has 3 N–H and O–H groups in total. The SMILES string of the molecule is NNS(=O)(=O)c1cc(OCC(F)(F)F)ccc1OCC(F)(F)F. The lowest BCUT2D eigenvalue weighted by Crippen LogP contribution is -2.31. The van der Waals surface area contributed by atoms with Crippen molar-refractivity contribution >= 4 is 10.0 Å². The molecule has 1 aromatic rings. The largest absolute Gasteiger partial charge is 0.484 e. The third kappa shape index (κ3) is 6.50. The highest BCUT2D eigenvalue weighted by atomic mass is 32.2. The Balaban J connectivity index is 3.12. The van der Waals surface area contributed by atoms with Crippen LogP contribution in [0.25, 0.3) is 0 Å². The summed E-state index contributed by atoms with van der Waals surface area (Å²) in [6.45, 7) is -3.52. The first-order valence-corrected chi connectivity index (χ1v) is 7.08. The summed E-state index contributed by atoms with van der Waals surface area (Å²) < 4.78 is 104. The second kappa shape index (κ2) is 6.80. The molecule has 0 radical (unpaired) electrons. The van der Waals surface area contributed by atoms with Crippen LogP contribution in [0.3, 0.4) is 0 Å². The van der Waals surface area contributed by atoms with Gasteiger partial charge in [-0.2, -0.15) is 26.3 Å². The molecule has 0 amide bonds. The van der Waals surface area contributed by atoms with Crippen molar-refractivity contribution in [3.8, 4) is 11.5 Å². The zero-order valence-electron chi connectivity index (χ0n) is 11.0. The van der Waals surface area contributed by atoms with Crippen LogP contribution in [0.2, 0.25) is 0 Å². The minimum atomic E-state index is -4.75. The summed E-state index contributed by atoms with van der Waals surface area (Å²) in [6.07, 6.45) is -9.43. The third-order valence-electron chi connectivity index (χ3n) is 2.15. The average molecular weight is 368 g/mol. The van der Waals surface area contributed by atoms with Gasteiger partial charge in [0.2, 0.25) is 0 Å². The van der Waals surface area contributed by atoms with E-state index in [0.29, 0.717) is 6.07 Å². The van der Waals surface area contributed by atoms with E-state index in [0.717, 1.165) is 12.1 Å². The number of benzene rings is 1. The number of ether oxygens (including phenoxy) is 2. The second-order valence-electron chi connectivity index (χ2n) is 4.04. The highest BCUT2D eigenvalue weighted by molar-refractivity contribution is 7.89. The first-order valence-electron chi connectivity index (χ1n) is 5.59. The van der Waals surface area contributed by atoms with E-state index in [9.17, 15) is 34.8 Å². The molecule has 0 fully saturated rings. The number of rotatable bonds is 6. The van der Waals surface area contributed by atoms with E-state index in [1.54, 1.807) is 0 Å². The van der Waals surface area contributed by atoms with Gasteiger partial charge in [-0.25, -0.2) is 8.42 Å². The van der Waals surface area contributed by atoms with Crippen molar-refractivity contribution < 1.29 is 44.2 Å². The number of alkyl halides is 6.